The molecule has 198 valence electrons. The highest BCUT2D eigenvalue weighted by molar-refractivity contribution is 6.15. The fourth-order valence-corrected chi connectivity index (χ4v) is 6.55. The lowest BCUT2D eigenvalue weighted by atomic mass is 9.98. The van der Waals surface area contributed by atoms with Gasteiger partial charge in [0, 0.05) is 37.9 Å². The molecule has 0 saturated carbocycles. The second-order valence-corrected chi connectivity index (χ2v) is 10.8. The van der Waals surface area contributed by atoms with Crippen molar-refractivity contribution in [3.63, 3.8) is 0 Å². The maximum atomic E-state index is 10.3. The van der Waals surface area contributed by atoms with Gasteiger partial charge in [-0.05, 0) is 66.2 Å². The van der Waals surface area contributed by atoms with Crippen LogP contribution in [0.25, 0.3) is 82.5 Å². The number of rotatable bonds is 2. The van der Waals surface area contributed by atoms with Crippen molar-refractivity contribution in [1.82, 2.24) is 4.57 Å². The summed E-state index contributed by atoms with van der Waals surface area (Å²) >= 11 is 0. The molecule has 0 atom stereocenters. The van der Waals surface area contributed by atoms with E-state index in [-0.39, 0.29) is 0 Å². The summed E-state index contributed by atoms with van der Waals surface area (Å²) in [5.41, 5.74) is 9.00. The summed E-state index contributed by atoms with van der Waals surface area (Å²) in [6, 6.07) is 42.9. The number of furan rings is 2. The molecule has 5 nitrogen and oxygen atoms in total. The van der Waals surface area contributed by atoms with Crippen LogP contribution in [0.3, 0.4) is 0 Å². The van der Waals surface area contributed by atoms with Gasteiger partial charge < -0.3 is 13.4 Å². The Morgan fingerprint density at radius 3 is 1.86 bits per heavy atom. The Hall–Kier alpha value is -6.30. The molecule has 0 aliphatic carbocycles. The normalized spacial score (nSPS) is 11.7. The molecule has 3 aromatic heterocycles. The van der Waals surface area contributed by atoms with E-state index in [1.165, 1.54) is 0 Å². The summed E-state index contributed by atoms with van der Waals surface area (Å²) in [5, 5.41) is 25.7. The average molecular weight is 550 g/mol. The van der Waals surface area contributed by atoms with E-state index in [0.29, 0.717) is 16.7 Å². The van der Waals surface area contributed by atoms with Crippen molar-refractivity contribution < 1.29 is 8.83 Å². The third-order valence-electron chi connectivity index (χ3n) is 8.46. The molecule has 9 aromatic rings. The number of hydrogen-bond donors (Lipinski definition) is 0. The van der Waals surface area contributed by atoms with E-state index in [1.54, 1.807) is 12.1 Å². The Kier molecular flexibility index (Phi) is 4.68. The highest BCUT2D eigenvalue weighted by Crippen LogP contribution is 2.41. The molecule has 9 rings (SSSR count). The van der Waals surface area contributed by atoms with Crippen molar-refractivity contribution in [3.05, 3.63) is 126 Å². The lowest BCUT2D eigenvalue weighted by Gasteiger charge is -2.16. The van der Waals surface area contributed by atoms with Gasteiger partial charge in [-0.1, -0.05) is 54.6 Å². The molecular weight excluding hydrogens is 530 g/mol. The Morgan fingerprint density at radius 2 is 1.14 bits per heavy atom. The maximum Gasteiger partial charge on any atom is 0.136 e. The topological polar surface area (TPSA) is 78.8 Å². The van der Waals surface area contributed by atoms with E-state index in [4.69, 9.17) is 8.83 Å². The fourth-order valence-electron chi connectivity index (χ4n) is 6.55. The summed E-state index contributed by atoms with van der Waals surface area (Å²) in [5.74, 6) is 0. The number of hydrogen-bond acceptors (Lipinski definition) is 4. The van der Waals surface area contributed by atoms with Crippen LogP contribution >= 0.6 is 0 Å². The van der Waals surface area contributed by atoms with Crippen molar-refractivity contribution in [2.75, 3.05) is 0 Å². The largest absolute Gasteiger partial charge is 0.456 e. The minimum absolute atomic E-state index is 0.559. The molecule has 0 saturated heterocycles. The van der Waals surface area contributed by atoms with Crippen molar-refractivity contribution in [2.24, 2.45) is 0 Å². The highest BCUT2D eigenvalue weighted by atomic mass is 16.3. The van der Waals surface area contributed by atoms with E-state index in [9.17, 15) is 10.5 Å². The van der Waals surface area contributed by atoms with Crippen LogP contribution in [0.4, 0.5) is 0 Å². The molecule has 5 heteroatoms. The summed E-state index contributed by atoms with van der Waals surface area (Å²) in [6.07, 6.45) is 0. The zero-order valence-electron chi connectivity index (χ0n) is 22.6. The number of fused-ring (bicyclic) bond motifs is 9. The van der Waals surface area contributed by atoms with Gasteiger partial charge >= 0.3 is 0 Å². The molecular formula is C38H19N3O2. The van der Waals surface area contributed by atoms with Crippen LogP contribution in [0.15, 0.2) is 124 Å². The molecule has 0 aliphatic heterocycles. The molecule has 0 amide bonds. The third kappa shape index (κ3) is 3.25. The quantitative estimate of drug-likeness (QED) is 0.215. The van der Waals surface area contributed by atoms with Crippen LogP contribution in [0, 0.1) is 22.7 Å². The van der Waals surface area contributed by atoms with Gasteiger partial charge in [0.15, 0.2) is 0 Å². The maximum absolute atomic E-state index is 10.3. The van der Waals surface area contributed by atoms with Gasteiger partial charge in [0.25, 0.3) is 0 Å². The molecule has 0 bridgehead atoms. The Labute approximate surface area is 244 Å². The lowest BCUT2D eigenvalue weighted by Crippen LogP contribution is -2.00. The van der Waals surface area contributed by atoms with E-state index in [0.717, 1.165) is 76.9 Å². The van der Waals surface area contributed by atoms with Crippen LogP contribution in [0.1, 0.15) is 11.1 Å². The number of aromatic nitrogens is 1. The molecule has 43 heavy (non-hydrogen) atoms. The van der Waals surface area contributed by atoms with Crippen LogP contribution in [0.5, 0.6) is 0 Å². The first kappa shape index (κ1) is 23.4. The van der Waals surface area contributed by atoms with Gasteiger partial charge in [-0.3, -0.25) is 0 Å². The Bertz CT molecular complexity index is 2650. The van der Waals surface area contributed by atoms with Gasteiger partial charge in [-0.15, -0.1) is 0 Å². The van der Waals surface area contributed by atoms with Gasteiger partial charge in [0.05, 0.1) is 33.9 Å². The smallest absolute Gasteiger partial charge is 0.136 e. The summed E-state index contributed by atoms with van der Waals surface area (Å²) in [4.78, 5) is 0. The van der Waals surface area contributed by atoms with Crippen molar-refractivity contribution in [2.45, 2.75) is 0 Å². The van der Waals surface area contributed by atoms with Gasteiger partial charge in [0.2, 0.25) is 0 Å². The monoisotopic (exact) mass is 549 g/mol. The van der Waals surface area contributed by atoms with Gasteiger partial charge in [0.1, 0.15) is 28.4 Å². The summed E-state index contributed by atoms with van der Waals surface area (Å²) < 4.78 is 14.7. The van der Waals surface area contributed by atoms with Crippen LogP contribution in [-0.2, 0) is 0 Å². The number of nitrogens with zero attached hydrogens (tertiary/aromatic N) is 3. The molecule has 0 N–H and O–H groups in total. The van der Waals surface area contributed by atoms with E-state index in [1.807, 2.05) is 48.5 Å². The average Bonchev–Trinajstić information content (AvgIpc) is 3.71. The first-order valence-corrected chi connectivity index (χ1v) is 14.0. The zero-order chi connectivity index (χ0) is 28.7. The predicted molar refractivity (Wildman–Crippen MR) is 170 cm³/mol. The second kappa shape index (κ2) is 8.60. The minimum Gasteiger partial charge on any atom is -0.456 e. The first-order valence-electron chi connectivity index (χ1n) is 14.0. The summed E-state index contributed by atoms with van der Waals surface area (Å²) in [7, 11) is 0. The SMILES string of the molecule is N#Cc1ccc2c(c1)oc1cc3c(cc12)oc1ccc(-c2cccc(C#N)c2-n2c4ccccc4c4ccccc42)cc13. The number of benzene rings is 6. The molecule has 0 aliphatic rings. The summed E-state index contributed by atoms with van der Waals surface area (Å²) in [6.45, 7) is 0. The van der Waals surface area contributed by atoms with Crippen LogP contribution in [0.2, 0.25) is 0 Å². The van der Waals surface area contributed by atoms with Crippen molar-refractivity contribution in [1.29, 1.82) is 10.5 Å². The molecule has 3 heterocycles. The molecule has 6 aromatic carbocycles. The van der Waals surface area contributed by atoms with Gasteiger partial charge in [-0.25, -0.2) is 0 Å². The highest BCUT2D eigenvalue weighted by Gasteiger charge is 2.20. The molecule has 0 unspecified atom stereocenters. The van der Waals surface area contributed by atoms with Crippen molar-refractivity contribution >= 4 is 65.7 Å². The fraction of sp³-hybridized carbons (Fsp3) is 0. The zero-order valence-corrected chi connectivity index (χ0v) is 22.6. The predicted octanol–water partition coefficient (Wildman–Crippen LogP) is 9.99. The Morgan fingerprint density at radius 1 is 0.488 bits per heavy atom. The third-order valence-corrected chi connectivity index (χ3v) is 8.46. The van der Waals surface area contributed by atoms with E-state index < -0.39 is 0 Å². The molecule has 0 radical (unpaired) electrons. The van der Waals surface area contributed by atoms with Gasteiger partial charge in [-0.2, -0.15) is 10.5 Å². The van der Waals surface area contributed by atoms with Crippen LogP contribution < -0.4 is 0 Å². The molecule has 0 fully saturated rings. The standard InChI is InChI=1S/C38H19N3O2/c39-20-22-12-14-28-30-18-37-31(19-36(30)43-35(28)16-22)29-17-23(13-15-34(29)42-37)25-9-5-6-24(21-40)38(25)41-32-10-3-1-7-26(32)27-8-2-4-11-33(27)41/h1-19H. The molecule has 0 spiro atoms. The Balaban J connectivity index is 1.31. The van der Waals surface area contributed by atoms with Crippen molar-refractivity contribution in [3.8, 4) is 29.0 Å². The number of para-hydroxylation sites is 3. The second-order valence-electron chi connectivity index (χ2n) is 10.8. The minimum atomic E-state index is 0.559. The van der Waals surface area contributed by atoms with E-state index in [2.05, 4.69) is 71.3 Å². The first-order chi connectivity index (χ1) is 21.2. The number of nitriles is 2. The lowest BCUT2D eigenvalue weighted by molar-refractivity contribution is 0.664. The van der Waals surface area contributed by atoms with Crippen LogP contribution in [-0.4, -0.2) is 4.57 Å². The van der Waals surface area contributed by atoms with E-state index >= 15 is 0 Å².